The molecule has 31 heavy (non-hydrogen) atoms. The van der Waals surface area contributed by atoms with Gasteiger partial charge in [0, 0.05) is 5.69 Å². The molecule has 0 saturated heterocycles. The van der Waals surface area contributed by atoms with Gasteiger partial charge in [0.25, 0.3) is 5.91 Å². The second-order valence-electron chi connectivity index (χ2n) is 6.35. The molecule has 0 aliphatic rings. The maximum Gasteiger partial charge on any atom is 0.338 e. The molecule has 7 nitrogen and oxygen atoms in total. The van der Waals surface area contributed by atoms with Crippen LogP contribution in [0.5, 0.6) is 17.2 Å². The van der Waals surface area contributed by atoms with Crippen molar-refractivity contribution in [2.24, 2.45) is 0 Å². The van der Waals surface area contributed by atoms with Crippen LogP contribution in [0.2, 0.25) is 0 Å². The van der Waals surface area contributed by atoms with Crippen LogP contribution in [0, 0.1) is 11.3 Å². The lowest BCUT2D eigenvalue weighted by Gasteiger charge is -2.09. The fraction of sp³-hybridized carbons (Fsp3) is 0.125. The first-order valence-electron chi connectivity index (χ1n) is 9.55. The van der Waals surface area contributed by atoms with Crippen LogP contribution in [-0.4, -0.2) is 25.1 Å². The summed E-state index contributed by atoms with van der Waals surface area (Å²) in [5.41, 5.74) is 1.08. The molecule has 0 radical (unpaired) electrons. The Kier molecular flexibility index (Phi) is 7.22. The Morgan fingerprint density at radius 1 is 0.935 bits per heavy atom. The first-order valence-corrected chi connectivity index (χ1v) is 9.55. The first kappa shape index (κ1) is 21.4. The normalized spacial score (nSPS) is 9.94. The van der Waals surface area contributed by atoms with Crippen molar-refractivity contribution in [1.29, 1.82) is 5.26 Å². The molecule has 0 unspecified atom stereocenters. The number of benzene rings is 3. The van der Waals surface area contributed by atoms with Gasteiger partial charge in [0.2, 0.25) is 0 Å². The zero-order valence-corrected chi connectivity index (χ0v) is 16.8. The molecule has 0 atom stereocenters. The summed E-state index contributed by atoms with van der Waals surface area (Å²) in [4.78, 5) is 24.1. The highest BCUT2D eigenvalue weighted by Crippen LogP contribution is 2.25. The Balaban J connectivity index is 1.49. The Morgan fingerprint density at radius 2 is 1.58 bits per heavy atom. The fourth-order valence-electron chi connectivity index (χ4n) is 2.64. The van der Waals surface area contributed by atoms with Gasteiger partial charge in [-0.1, -0.05) is 6.07 Å². The fourth-order valence-corrected chi connectivity index (χ4v) is 2.64. The third kappa shape index (κ3) is 6.34. The number of nitrogens with one attached hydrogen (secondary N) is 1. The minimum absolute atomic E-state index is 0.211. The van der Waals surface area contributed by atoms with E-state index in [0.717, 1.165) is 5.75 Å². The van der Waals surface area contributed by atoms with Crippen LogP contribution >= 0.6 is 0 Å². The molecule has 156 valence electrons. The predicted octanol–water partition coefficient (Wildman–Crippen LogP) is 4.54. The Hall–Kier alpha value is -4.31. The third-order valence-corrected chi connectivity index (χ3v) is 4.07. The average molecular weight is 416 g/mol. The number of carbonyl (C=O) groups excluding carboxylic acids is 2. The maximum absolute atomic E-state index is 12.0. The van der Waals surface area contributed by atoms with E-state index >= 15 is 0 Å². The number of rotatable bonds is 8. The molecule has 0 spiro atoms. The highest BCUT2D eigenvalue weighted by molar-refractivity contribution is 5.95. The molecule has 1 amide bonds. The Labute approximate surface area is 179 Å². The highest BCUT2D eigenvalue weighted by Gasteiger charge is 2.11. The number of amides is 1. The summed E-state index contributed by atoms with van der Waals surface area (Å²) in [6.45, 7) is 2.07. The minimum atomic E-state index is -0.675. The minimum Gasteiger partial charge on any atom is -0.494 e. The van der Waals surface area contributed by atoms with Gasteiger partial charge >= 0.3 is 5.97 Å². The van der Waals surface area contributed by atoms with Gasteiger partial charge in [0.05, 0.1) is 23.8 Å². The summed E-state index contributed by atoms with van der Waals surface area (Å²) in [6, 6.07) is 22.1. The average Bonchev–Trinajstić information content (AvgIpc) is 2.80. The smallest absolute Gasteiger partial charge is 0.338 e. The van der Waals surface area contributed by atoms with Crippen LogP contribution < -0.4 is 14.8 Å². The van der Waals surface area contributed by atoms with Crippen LogP contribution in [0.15, 0.2) is 72.8 Å². The second kappa shape index (κ2) is 10.5. The van der Waals surface area contributed by atoms with Gasteiger partial charge in [-0.25, -0.2) is 4.79 Å². The lowest BCUT2D eigenvalue weighted by molar-refractivity contribution is -0.119. The van der Waals surface area contributed by atoms with Gasteiger partial charge in [-0.2, -0.15) is 5.26 Å². The number of hydrogen-bond donors (Lipinski definition) is 1. The van der Waals surface area contributed by atoms with Gasteiger partial charge in [-0.3, -0.25) is 4.79 Å². The van der Waals surface area contributed by atoms with Crippen molar-refractivity contribution in [3.8, 4) is 23.3 Å². The summed E-state index contributed by atoms with van der Waals surface area (Å²) in [5.74, 6) is 0.876. The quantitative estimate of drug-likeness (QED) is 0.541. The van der Waals surface area contributed by atoms with Crippen LogP contribution in [0.3, 0.4) is 0 Å². The van der Waals surface area contributed by atoms with Gasteiger partial charge in [0.1, 0.15) is 17.2 Å². The molecule has 0 aliphatic heterocycles. The van der Waals surface area contributed by atoms with E-state index in [4.69, 9.17) is 19.5 Å². The molecule has 0 aliphatic carbocycles. The molecular weight excluding hydrogens is 396 g/mol. The Bertz CT molecular complexity index is 1090. The van der Waals surface area contributed by atoms with Crippen LogP contribution in [0.25, 0.3) is 0 Å². The SMILES string of the molecule is CCOc1ccc(Oc2ccc(NC(=O)COC(=O)c3cccc(C#N)c3)cc2)cc1. The topological polar surface area (TPSA) is 97.7 Å². The largest absolute Gasteiger partial charge is 0.494 e. The monoisotopic (exact) mass is 416 g/mol. The van der Waals surface area contributed by atoms with Crippen LogP contribution in [0.1, 0.15) is 22.8 Å². The standard InChI is InChI=1S/C24H20N2O5/c1-2-29-20-10-12-22(13-11-20)31-21-8-6-19(7-9-21)26-23(27)16-30-24(28)18-5-3-4-17(14-18)15-25/h3-14H,2,16H2,1H3,(H,26,27). The van der Waals surface area contributed by atoms with E-state index in [9.17, 15) is 9.59 Å². The zero-order valence-electron chi connectivity index (χ0n) is 16.8. The van der Waals surface area contributed by atoms with Crippen molar-refractivity contribution in [3.63, 3.8) is 0 Å². The molecular formula is C24H20N2O5. The van der Waals surface area contributed by atoms with Crippen molar-refractivity contribution in [2.45, 2.75) is 6.92 Å². The Morgan fingerprint density at radius 3 is 2.23 bits per heavy atom. The van der Waals surface area contributed by atoms with Crippen molar-refractivity contribution in [3.05, 3.63) is 83.9 Å². The summed E-state index contributed by atoms with van der Waals surface area (Å²) in [6.07, 6.45) is 0. The van der Waals surface area contributed by atoms with E-state index in [1.54, 1.807) is 48.5 Å². The predicted molar refractivity (Wildman–Crippen MR) is 114 cm³/mol. The van der Waals surface area contributed by atoms with Crippen molar-refractivity contribution in [2.75, 3.05) is 18.5 Å². The van der Waals surface area contributed by atoms with E-state index in [2.05, 4.69) is 5.32 Å². The number of nitrogens with zero attached hydrogens (tertiary/aromatic N) is 1. The number of carbonyl (C=O) groups is 2. The van der Waals surface area contributed by atoms with Crippen molar-refractivity contribution < 1.29 is 23.8 Å². The van der Waals surface area contributed by atoms with Crippen LogP contribution in [0.4, 0.5) is 5.69 Å². The molecule has 0 bridgehead atoms. The van der Waals surface area contributed by atoms with Gasteiger partial charge < -0.3 is 19.5 Å². The molecule has 0 heterocycles. The van der Waals surface area contributed by atoms with E-state index in [1.807, 2.05) is 25.1 Å². The van der Waals surface area contributed by atoms with Gasteiger partial charge in [-0.15, -0.1) is 0 Å². The second-order valence-corrected chi connectivity index (χ2v) is 6.35. The van der Waals surface area contributed by atoms with Crippen LogP contribution in [-0.2, 0) is 9.53 Å². The maximum atomic E-state index is 12.0. The number of ether oxygens (including phenoxy) is 3. The summed E-state index contributed by atoms with van der Waals surface area (Å²) in [5, 5.41) is 11.5. The molecule has 0 saturated carbocycles. The van der Waals surface area contributed by atoms with E-state index in [-0.39, 0.29) is 5.56 Å². The van der Waals surface area contributed by atoms with E-state index in [0.29, 0.717) is 29.4 Å². The molecule has 3 aromatic carbocycles. The summed E-state index contributed by atoms with van der Waals surface area (Å²) < 4.78 is 16.1. The summed E-state index contributed by atoms with van der Waals surface area (Å²) in [7, 11) is 0. The number of anilines is 1. The highest BCUT2D eigenvalue weighted by atomic mass is 16.5. The zero-order chi connectivity index (χ0) is 22.1. The molecule has 3 aromatic rings. The molecule has 0 aromatic heterocycles. The summed E-state index contributed by atoms with van der Waals surface area (Å²) >= 11 is 0. The van der Waals surface area contributed by atoms with E-state index < -0.39 is 18.5 Å². The van der Waals surface area contributed by atoms with Gasteiger partial charge in [0.15, 0.2) is 6.61 Å². The third-order valence-electron chi connectivity index (χ3n) is 4.07. The number of esters is 1. The number of nitriles is 1. The molecule has 1 N–H and O–H groups in total. The van der Waals surface area contributed by atoms with Crippen molar-refractivity contribution >= 4 is 17.6 Å². The van der Waals surface area contributed by atoms with E-state index in [1.165, 1.54) is 12.1 Å². The number of hydrogen-bond acceptors (Lipinski definition) is 6. The molecule has 3 rings (SSSR count). The molecule has 7 heteroatoms. The molecule has 0 fully saturated rings. The first-order chi connectivity index (χ1) is 15.1. The lowest BCUT2D eigenvalue weighted by atomic mass is 10.1. The lowest BCUT2D eigenvalue weighted by Crippen LogP contribution is -2.20. The van der Waals surface area contributed by atoms with Gasteiger partial charge in [-0.05, 0) is 73.7 Å². The van der Waals surface area contributed by atoms with Crippen molar-refractivity contribution in [1.82, 2.24) is 0 Å².